The molecule has 6 rings (SSSR count). The third-order valence-electron chi connectivity index (χ3n) is 8.20. The van der Waals surface area contributed by atoms with Gasteiger partial charge in [-0.25, -0.2) is 33.7 Å². The summed E-state index contributed by atoms with van der Waals surface area (Å²) in [5.41, 5.74) is -22.2. The molecule has 0 N–H and O–H groups in total. The Kier molecular flexibility index (Phi) is 22.4. The van der Waals surface area contributed by atoms with Crippen LogP contribution in [0.5, 0.6) is 0 Å². The molecule has 0 aliphatic heterocycles. The van der Waals surface area contributed by atoms with E-state index < -0.39 is 78.0 Å². The van der Waals surface area contributed by atoms with Gasteiger partial charge in [-0.1, -0.05) is 170 Å². The summed E-state index contributed by atoms with van der Waals surface area (Å²) < 4.78 is 218. The Labute approximate surface area is 427 Å². The van der Waals surface area contributed by atoms with Gasteiger partial charge in [0.1, 0.15) is 0 Å². The van der Waals surface area contributed by atoms with Crippen LogP contribution in [-0.2, 0) is 84.9 Å². The molecule has 0 amide bonds. The zero-order valence-electron chi connectivity index (χ0n) is 34.0. The summed E-state index contributed by atoms with van der Waals surface area (Å²) in [7, 11) is -28.3. The van der Waals surface area contributed by atoms with Crippen molar-refractivity contribution in [1.29, 1.82) is 0 Å². The fraction of sp³-hybridized carbons (Fsp3) is 0.100. The van der Waals surface area contributed by atoms with Crippen LogP contribution >= 0.6 is 15.8 Å². The molecule has 0 aliphatic rings. The Hall–Kier alpha value is -3.46. The SMILES string of the molecule is O=S(=O)([N-]S(=O)(=O)C(F)(F)F)C(F)(F)F.O=S(=O)([N-]S(=O)(=O)C(F)(F)F)C(F)(F)F.[Au+].[Au+].c1ccc(P(c2ccccc2)c2ccccc2-c2ccccc2P(c2ccccc2)c2ccccc2)cc1. The number of hydrogen-bond acceptors (Lipinski definition) is 8. The molecular weight excluding hydrogens is 1450 g/mol. The number of sulfonamides is 4. The quantitative estimate of drug-likeness (QED) is 0.0705. The van der Waals surface area contributed by atoms with E-state index in [2.05, 4.69) is 170 Å². The van der Waals surface area contributed by atoms with Crippen molar-refractivity contribution in [3.05, 3.63) is 178 Å². The predicted molar refractivity (Wildman–Crippen MR) is 236 cm³/mol. The van der Waals surface area contributed by atoms with Crippen LogP contribution in [0.2, 0.25) is 0 Å². The molecular formula is C40H28Au2F12N2O8P2S4. The number of halogens is 12. The van der Waals surface area contributed by atoms with E-state index in [1.54, 1.807) is 0 Å². The molecule has 0 saturated heterocycles. The summed E-state index contributed by atoms with van der Waals surface area (Å²) in [6, 6.07) is 62.0. The van der Waals surface area contributed by atoms with Gasteiger partial charge in [-0.05, 0) is 58.8 Å². The van der Waals surface area contributed by atoms with Crippen LogP contribution in [0.4, 0.5) is 52.7 Å². The average molecular weight is 1480 g/mol. The van der Waals surface area contributed by atoms with Gasteiger partial charge in [0.15, 0.2) is 40.1 Å². The molecule has 0 fully saturated rings. The molecule has 6 aromatic carbocycles. The van der Waals surface area contributed by atoms with E-state index in [0.29, 0.717) is 0 Å². The van der Waals surface area contributed by atoms with Crippen molar-refractivity contribution in [3.63, 3.8) is 0 Å². The first-order valence-corrected chi connectivity index (χ1v) is 26.5. The zero-order valence-corrected chi connectivity index (χ0v) is 43.4. The molecule has 0 bridgehead atoms. The smallest absolute Gasteiger partial charge is 0.421 e. The molecule has 386 valence electrons. The Balaban J connectivity index is 0.000000439. The first kappa shape index (κ1) is 62.7. The van der Waals surface area contributed by atoms with Gasteiger partial charge in [0.05, 0.1) is 0 Å². The van der Waals surface area contributed by atoms with Crippen molar-refractivity contribution < 1.29 is 131 Å². The predicted octanol–water partition coefficient (Wildman–Crippen LogP) is 8.98. The minimum absolute atomic E-state index is 0. The number of benzene rings is 6. The average Bonchev–Trinajstić information content (AvgIpc) is 3.24. The summed E-state index contributed by atoms with van der Waals surface area (Å²) >= 11 is 0. The molecule has 0 heterocycles. The largest absolute Gasteiger partial charge is 1.00 e. The van der Waals surface area contributed by atoms with Crippen LogP contribution in [0, 0.1) is 0 Å². The van der Waals surface area contributed by atoms with Crippen molar-refractivity contribution in [2.24, 2.45) is 0 Å². The molecule has 10 nitrogen and oxygen atoms in total. The van der Waals surface area contributed by atoms with Gasteiger partial charge >= 0.3 is 66.8 Å². The third kappa shape index (κ3) is 16.3. The van der Waals surface area contributed by atoms with Gasteiger partial charge in [-0.2, -0.15) is 52.7 Å². The second kappa shape index (κ2) is 25.0. The summed E-state index contributed by atoms with van der Waals surface area (Å²) in [5, 5.41) is 8.25. The van der Waals surface area contributed by atoms with Crippen molar-refractivity contribution in [2.45, 2.75) is 22.0 Å². The number of nitrogens with zero attached hydrogens (tertiary/aromatic N) is 2. The second-order valence-electron chi connectivity index (χ2n) is 12.9. The standard InChI is InChI=1S/C36H28P2.2C2F6NO4S2.2Au/c1-5-17-29(18-6-1)37(30-19-7-2-8-20-30)35-27-15-13-25-33(35)34-26-14-16-28-36(34)38(31-21-9-3-10-22-31)32-23-11-4-12-24-32;2*3-1(4,5)14(10,11)9-15(12,13)2(6,7)8;;/h1-28H;;;;/q;2*-1;2*+1. The molecule has 0 aromatic heterocycles. The Bertz CT molecular complexity index is 2720. The number of hydrogen-bond donors (Lipinski definition) is 0. The van der Waals surface area contributed by atoms with E-state index in [1.807, 2.05) is 0 Å². The molecule has 0 spiro atoms. The van der Waals surface area contributed by atoms with Crippen LogP contribution in [0.25, 0.3) is 19.4 Å². The van der Waals surface area contributed by atoms with Gasteiger partial charge < -0.3 is 8.25 Å². The normalized spacial score (nSPS) is 12.6. The van der Waals surface area contributed by atoms with E-state index in [1.165, 1.54) is 43.0 Å². The van der Waals surface area contributed by atoms with Gasteiger partial charge in [0, 0.05) is 0 Å². The molecule has 0 saturated carbocycles. The molecule has 0 unspecified atom stereocenters. The molecule has 30 heteroatoms. The van der Waals surface area contributed by atoms with Crippen molar-refractivity contribution >= 4 is 87.8 Å². The maximum atomic E-state index is 11.4. The minimum Gasteiger partial charge on any atom is -0.421 e. The Morgan fingerprint density at radius 2 is 0.457 bits per heavy atom. The van der Waals surface area contributed by atoms with Crippen LogP contribution in [0.3, 0.4) is 0 Å². The molecule has 70 heavy (non-hydrogen) atoms. The molecule has 0 aliphatic carbocycles. The fourth-order valence-electron chi connectivity index (χ4n) is 5.38. The number of alkyl halides is 12. The zero-order chi connectivity index (χ0) is 51.0. The molecule has 0 radical (unpaired) electrons. The van der Waals surface area contributed by atoms with E-state index in [9.17, 15) is 86.4 Å². The maximum Gasteiger partial charge on any atom is 1.00 e. The first-order chi connectivity index (χ1) is 31.3. The first-order valence-electron chi connectivity index (χ1n) is 18.0. The van der Waals surface area contributed by atoms with E-state index in [4.69, 9.17) is 0 Å². The van der Waals surface area contributed by atoms with Crippen LogP contribution in [-0.4, -0.2) is 55.7 Å². The van der Waals surface area contributed by atoms with Gasteiger partial charge in [-0.3, -0.25) is 0 Å². The van der Waals surface area contributed by atoms with E-state index in [-0.39, 0.29) is 44.8 Å². The molecule has 0 atom stereocenters. The summed E-state index contributed by atoms with van der Waals surface area (Å²) in [4.78, 5) is 0. The maximum absolute atomic E-state index is 11.4. The van der Waals surface area contributed by atoms with Gasteiger partial charge in [-0.15, -0.1) is 0 Å². The minimum atomic E-state index is -6.72. The van der Waals surface area contributed by atoms with Gasteiger partial charge in [0.2, 0.25) is 0 Å². The Morgan fingerprint density at radius 3 is 0.643 bits per heavy atom. The van der Waals surface area contributed by atoms with E-state index >= 15 is 0 Å². The van der Waals surface area contributed by atoms with Gasteiger partial charge in [0.25, 0.3) is 0 Å². The Morgan fingerprint density at radius 1 is 0.286 bits per heavy atom. The second-order valence-corrected chi connectivity index (χ2v) is 24.1. The van der Waals surface area contributed by atoms with Crippen LogP contribution in [0.1, 0.15) is 0 Å². The van der Waals surface area contributed by atoms with Crippen LogP contribution in [0.15, 0.2) is 170 Å². The summed E-state index contributed by atoms with van der Waals surface area (Å²) in [6.45, 7) is 0. The van der Waals surface area contributed by atoms with Crippen molar-refractivity contribution in [1.82, 2.24) is 0 Å². The fourth-order valence-corrected chi connectivity index (χ4v) is 13.7. The third-order valence-corrected chi connectivity index (χ3v) is 18.7. The van der Waals surface area contributed by atoms with Crippen molar-refractivity contribution in [2.75, 3.05) is 0 Å². The summed E-state index contributed by atoms with van der Waals surface area (Å²) in [5.74, 6) is 0. The topological polar surface area (TPSA) is 165 Å². The van der Waals surface area contributed by atoms with E-state index in [0.717, 1.165) is 8.25 Å². The summed E-state index contributed by atoms with van der Waals surface area (Å²) in [6.07, 6.45) is 0. The van der Waals surface area contributed by atoms with Crippen LogP contribution < -0.4 is 31.8 Å². The van der Waals surface area contributed by atoms with Crippen molar-refractivity contribution in [3.8, 4) is 11.1 Å². The number of rotatable bonds is 11. The monoisotopic (exact) mass is 1480 g/mol. The molecule has 6 aromatic rings.